The summed E-state index contributed by atoms with van der Waals surface area (Å²) >= 11 is 0. The second-order valence-corrected chi connectivity index (χ2v) is 6.40. The Balaban J connectivity index is 1.77. The largest absolute Gasteiger partial charge is 0.487 e. The van der Waals surface area contributed by atoms with Gasteiger partial charge in [0.1, 0.15) is 11.9 Å². The summed E-state index contributed by atoms with van der Waals surface area (Å²) in [6.07, 6.45) is 0.0228. The van der Waals surface area contributed by atoms with Crippen molar-refractivity contribution in [2.45, 2.75) is 26.9 Å². The van der Waals surface area contributed by atoms with Gasteiger partial charge in [-0.15, -0.1) is 0 Å². The molecular formula is C19H23N3O2. The van der Waals surface area contributed by atoms with Gasteiger partial charge in [-0.1, -0.05) is 12.1 Å². The summed E-state index contributed by atoms with van der Waals surface area (Å²) in [6, 6.07) is 11.6. The number of nitrogens with one attached hydrogen (secondary N) is 1. The van der Waals surface area contributed by atoms with E-state index in [0.29, 0.717) is 12.2 Å². The molecule has 2 aromatic rings. The molecule has 0 spiro atoms. The molecule has 0 radical (unpaired) electrons. The van der Waals surface area contributed by atoms with Gasteiger partial charge in [0.15, 0.2) is 0 Å². The van der Waals surface area contributed by atoms with Crippen molar-refractivity contribution in [2.24, 2.45) is 0 Å². The van der Waals surface area contributed by atoms with E-state index in [1.807, 2.05) is 62.1 Å². The fraction of sp³-hybridized carbons (Fsp3) is 0.316. The maximum Gasteiger partial charge on any atom is 0.243 e. The number of hydrogen-bond donors (Lipinski definition) is 2. The quantitative estimate of drug-likeness (QED) is 0.851. The van der Waals surface area contributed by atoms with Gasteiger partial charge >= 0.3 is 0 Å². The van der Waals surface area contributed by atoms with Gasteiger partial charge in [0.2, 0.25) is 5.91 Å². The Morgan fingerprint density at radius 1 is 1.29 bits per heavy atom. The highest BCUT2D eigenvalue weighted by Crippen LogP contribution is 2.34. The number of nitrogen functional groups attached to an aromatic ring is 1. The summed E-state index contributed by atoms with van der Waals surface area (Å²) < 4.78 is 5.82. The number of aryl methyl sites for hydroxylation is 2. The highest BCUT2D eigenvalue weighted by molar-refractivity contribution is 5.95. The molecule has 2 aromatic carbocycles. The molecule has 1 aliphatic rings. The molecular weight excluding hydrogens is 302 g/mol. The van der Waals surface area contributed by atoms with Crippen molar-refractivity contribution in [2.75, 3.05) is 29.0 Å². The lowest BCUT2D eigenvalue weighted by Crippen LogP contribution is -2.42. The zero-order valence-electron chi connectivity index (χ0n) is 14.3. The van der Waals surface area contributed by atoms with Crippen LogP contribution in [0.3, 0.4) is 0 Å². The van der Waals surface area contributed by atoms with Crippen LogP contribution in [-0.4, -0.2) is 25.1 Å². The Morgan fingerprint density at radius 2 is 2.08 bits per heavy atom. The monoisotopic (exact) mass is 325 g/mol. The summed E-state index contributed by atoms with van der Waals surface area (Å²) in [5, 5.41) is 3.01. The van der Waals surface area contributed by atoms with Crippen molar-refractivity contribution in [3.63, 3.8) is 0 Å². The van der Waals surface area contributed by atoms with Crippen molar-refractivity contribution in [3.8, 4) is 5.75 Å². The van der Waals surface area contributed by atoms with Crippen LogP contribution < -0.4 is 20.7 Å². The molecule has 0 aromatic heterocycles. The first kappa shape index (κ1) is 16.2. The minimum Gasteiger partial charge on any atom is -0.487 e. The first-order chi connectivity index (χ1) is 11.4. The lowest BCUT2D eigenvalue weighted by atomic mass is 10.1. The van der Waals surface area contributed by atoms with Gasteiger partial charge in [0, 0.05) is 11.4 Å². The highest BCUT2D eigenvalue weighted by atomic mass is 16.5. The van der Waals surface area contributed by atoms with E-state index in [-0.39, 0.29) is 18.6 Å². The molecule has 3 N–H and O–H groups in total. The van der Waals surface area contributed by atoms with E-state index in [1.54, 1.807) is 0 Å². The first-order valence-corrected chi connectivity index (χ1v) is 8.10. The summed E-state index contributed by atoms with van der Waals surface area (Å²) in [5.74, 6) is 0.716. The van der Waals surface area contributed by atoms with E-state index in [4.69, 9.17) is 10.5 Å². The molecule has 0 fully saturated rings. The van der Waals surface area contributed by atoms with Crippen LogP contribution in [0.2, 0.25) is 0 Å². The van der Waals surface area contributed by atoms with E-state index in [0.717, 1.165) is 28.3 Å². The molecule has 0 saturated carbocycles. The van der Waals surface area contributed by atoms with Crippen molar-refractivity contribution < 1.29 is 9.53 Å². The van der Waals surface area contributed by atoms with Gasteiger partial charge in [-0.3, -0.25) is 4.79 Å². The fourth-order valence-electron chi connectivity index (χ4n) is 2.93. The third-order valence-corrected chi connectivity index (χ3v) is 4.13. The predicted octanol–water partition coefficient (Wildman–Crippen LogP) is 3.11. The second-order valence-electron chi connectivity index (χ2n) is 6.40. The number of nitrogens with two attached hydrogens (primary N) is 1. The Hall–Kier alpha value is -2.69. The van der Waals surface area contributed by atoms with Gasteiger partial charge in [-0.05, 0) is 56.2 Å². The molecule has 24 heavy (non-hydrogen) atoms. The fourth-order valence-corrected chi connectivity index (χ4v) is 2.93. The molecule has 1 heterocycles. The predicted molar refractivity (Wildman–Crippen MR) is 97.7 cm³/mol. The Labute approximate surface area is 142 Å². The highest BCUT2D eigenvalue weighted by Gasteiger charge is 2.24. The summed E-state index contributed by atoms with van der Waals surface area (Å²) in [6.45, 7) is 6.91. The number of carbonyl (C=O) groups excluding carboxylic acids is 1. The van der Waals surface area contributed by atoms with Gasteiger partial charge in [-0.25, -0.2) is 0 Å². The molecule has 1 unspecified atom stereocenters. The van der Waals surface area contributed by atoms with Gasteiger partial charge < -0.3 is 20.7 Å². The molecule has 3 rings (SSSR count). The number of amides is 1. The number of nitrogens with zero attached hydrogens (tertiary/aromatic N) is 1. The summed E-state index contributed by atoms with van der Waals surface area (Å²) in [7, 11) is 0. The van der Waals surface area contributed by atoms with Crippen molar-refractivity contribution in [3.05, 3.63) is 47.5 Å². The lowest BCUT2D eigenvalue weighted by molar-refractivity contribution is -0.115. The SMILES string of the molecule is Cc1ccc(C)c(NC(=O)CN2CC(C)Oc3ccc(N)cc32)c1. The number of ether oxygens (including phenoxy) is 1. The number of benzene rings is 2. The van der Waals surface area contributed by atoms with Gasteiger partial charge in [0.05, 0.1) is 18.8 Å². The van der Waals surface area contributed by atoms with Crippen LogP contribution >= 0.6 is 0 Å². The average Bonchev–Trinajstić information content (AvgIpc) is 2.51. The van der Waals surface area contributed by atoms with Crippen molar-refractivity contribution in [1.82, 2.24) is 0 Å². The number of hydrogen-bond acceptors (Lipinski definition) is 4. The third-order valence-electron chi connectivity index (χ3n) is 4.13. The van der Waals surface area contributed by atoms with Crippen molar-refractivity contribution >= 4 is 23.0 Å². The van der Waals surface area contributed by atoms with Crippen LogP contribution in [0, 0.1) is 13.8 Å². The molecule has 1 atom stereocenters. The van der Waals surface area contributed by atoms with Crippen LogP contribution in [0.15, 0.2) is 36.4 Å². The number of carbonyl (C=O) groups is 1. The van der Waals surface area contributed by atoms with E-state index in [9.17, 15) is 4.79 Å². The Bertz CT molecular complexity index is 773. The minimum absolute atomic E-state index is 0.0228. The maximum absolute atomic E-state index is 12.5. The summed E-state index contributed by atoms with van der Waals surface area (Å²) in [4.78, 5) is 14.5. The molecule has 0 saturated heterocycles. The number of fused-ring (bicyclic) bond motifs is 1. The number of rotatable bonds is 3. The van der Waals surface area contributed by atoms with Gasteiger partial charge in [0.25, 0.3) is 0 Å². The van der Waals surface area contributed by atoms with Crippen LogP contribution in [0.25, 0.3) is 0 Å². The topological polar surface area (TPSA) is 67.6 Å². The second kappa shape index (κ2) is 6.43. The van der Waals surface area contributed by atoms with Crippen LogP contribution in [-0.2, 0) is 4.79 Å². The Kier molecular flexibility index (Phi) is 4.34. The molecule has 126 valence electrons. The molecule has 1 amide bonds. The van der Waals surface area contributed by atoms with Crippen LogP contribution in [0.4, 0.5) is 17.1 Å². The zero-order chi connectivity index (χ0) is 17.3. The zero-order valence-corrected chi connectivity index (χ0v) is 14.3. The Morgan fingerprint density at radius 3 is 2.88 bits per heavy atom. The normalized spacial score (nSPS) is 16.3. The summed E-state index contributed by atoms with van der Waals surface area (Å²) in [5.41, 5.74) is 10.4. The third kappa shape index (κ3) is 3.45. The van der Waals surface area contributed by atoms with E-state index in [1.165, 1.54) is 0 Å². The van der Waals surface area contributed by atoms with Gasteiger partial charge in [-0.2, -0.15) is 0 Å². The molecule has 5 nitrogen and oxygen atoms in total. The molecule has 0 aliphatic carbocycles. The lowest BCUT2D eigenvalue weighted by Gasteiger charge is -2.34. The van der Waals surface area contributed by atoms with Crippen molar-refractivity contribution in [1.29, 1.82) is 0 Å². The standard InChI is InChI=1S/C19H23N3O2/c1-12-4-5-13(2)16(8-12)21-19(23)11-22-10-14(3)24-18-7-6-15(20)9-17(18)22/h4-9,14H,10-11,20H2,1-3H3,(H,21,23). The minimum atomic E-state index is -0.0498. The molecule has 5 heteroatoms. The van der Waals surface area contributed by atoms with E-state index >= 15 is 0 Å². The molecule has 0 bridgehead atoms. The van der Waals surface area contributed by atoms with E-state index in [2.05, 4.69) is 5.32 Å². The first-order valence-electron chi connectivity index (χ1n) is 8.10. The number of anilines is 3. The van der Waals surface area contributed by atoms with Crippen LogP contribution in [0.5, 0.6) is 5.75 Å². The average molecular weight is 325 g/mol. The van der Waals surface area contributed by atoms with E-state index < -0.39 is 0 Å². The molecule has 1 aliphatic heterocycles. The maximum atomic E-state index is 12.5. The smallest absolute Gasteiger partial charge is 0.243 e. The van der Waals surface area contributed by atoms with Crippen LogP contribution in [0.1, 0.15) is 18.1 Å².